The van der Waals surface area contributed by atoms with Crippen LogP contribution >= 0.6 is 0 Å². The molecule has 1 heterocycles. The van der Waals surface area contributed by atoms with Gasteiger partial charge in [-0.05, 0) is 54.4 Å². The van der Waals surface area contributed by atoms with E-state index in [-0.39, 0.29) is 29.9 Å². The van der Waals surface area contributed by atoms with Gasteiger partial charge < -0.3 is 14.7 Å². The topological polar surface area (TPSA) is 49.8 Å². The maximum Gasteiger partial charge on any atom is 0.229 e. The van der Waals surface area contributed by atoms with E-state index in [0.29, 0.717) is 12.5 Å². The highest BCUT2D eigenvalue weighted by atomic mass is 16.5. The summed E-state index contributed by atoms with van der Waals surface area (Å²) in [6.07, 6.45) is 6.15. The lowest BCUT2D eigenvalue weighted by molar-refractivity contribution is -0.140. The van der Waals surface area contributed by atoms with Gasteiger partial charge in [-0.1, -0.05) is 68.7 Å². The number of carbonyl (C=O) groups excluding carboxylic acids is 1. The average Bonchev–Trinajstić information content (AvgIpc) is 3.02. The number of aliphatic hydroxyl groups excluding tert-OH is 1. The van der Waals surface area contributed by atoms with E-state index in [2.05, 4.69) is 48.2 Å². The van der Waals surface area contributed by atoms with E-state index in [4.69, 9.17) is 4.74 Å². The van der Waals surface area contributed by atoms with Gasteiger partial charge in [-0.15, -0.1) is 0 Å². The molecule has 2 aliphatic rings. The van der Waals surface area contributed by atoms with Crippen molar-refractivity contribution >= 4 is 5.91 Å². The molecule has 4 nitrogen and oxygen atoms in total. The van der Waals surface area contributed by atoms with Crippen molar-refractivity contribution in [2.45, 2.75) is 58.0 Å². The molecule has 0 unspecified atom stereocenters. The second-order valence-corrected chi connectivity index (χ2v) is 9.44. The van der Waals surface area contributed by atoms with E-state index >= 15 is 0 Å². The lowest BCUT2D eigenvalue weighted by Crippen LogP contribution is -2.41. The van der Waals surface area contributed by atoms with Crippen LogP contribution in [0.25, 0.3) is 0 Å². The van der Waals surface area contributed by atoms with Gasteiger partial charge in [0.2, 0.25) is 5.91 Å². The van der Waals surface area contributed by atoms with E-state index in [0.717, 1.165) is 43.4 Å². The van der Waals surface area contributed by atoms with Crippen molar-refractivity contribution in [1.29, 1.82) is 0 Å². The van der Waals surface area contributed by atoms with Crippen molar-refractivity contribution in [3.63, 3.8) is 0 Å². The first-order valence-electron chi connectivity index (χ1n) is 11.7. The molecule has 1 amide bonds. The van der Waals surface area contributed by atoms with Gasteiger partial charge >= 0.3 is 0 Å². The molecule has 2 fully saturated rings. The Morgan fingerprint density at radius 1 is 1.03 bits per heavy atom. The lowest BCUT2D eigenvalue weighted by Gasteiger charge is -2.40. The number of hydrogen-bond acceptors (Lipinski definition) is 3. The number of aliphatic hydroxyl groups is 1. The van der Waals surface area contributed by atoms with Gasteiger partial charge in [0, 0.05) is 19.2 Å². The van der Waals surface area contributed by atoms with Crippen LogP contribution in [0.15, 0.2) is 54.6 Å². The summed E-state index contributed by atoms with van der Waals surface area (Å²) in [7, 11) is 1.67. The van der Waals surface area contributed by atoms with Crippen LogP contribution < -0.4 is 4.74 Å². The Bertz CT molecular complexity index is 858. The number of nitrogens with zero attached hydrogens (tertiary/aromatic N) is 1. The Hall–Kier alpha value is -2.33. The molecule has 1 spiro atoms. The lowest BCUT2D eigenvalue weighted by atomic mass is 9.61. The minimum atomic E-state index is -0.327. The molecule has 4 rings (SSSR count). The van der Waals surface area contributed by atoms with Crippen molar-refractivity contribution in [1.82, 2.24) is 4.90 Å². The van der Waals surface area contributed by atoms with Gasteiger partial charge in [0.15, 0.2) is 0 Å². The average molecular weight is 422 g/mol. The SMILES string of the molecule is COc1ccc(CN2C(=O)C3(CCCCC3)[C@@H]([C@@H](C)CO)[C@@H]2Cc2ccccc2)cc1. The van der Waals surface area contributed by atoms with Gasteiger partial charge in [-0.25, -0.2) is 0 Å². The monoisotopic (exact) mass is 421 g/mol. The summed E-state index contributed by atoms with van der Waals surface area (Å²) < 4.78 is 5.31. The highest BCUT2D eigenvalue weighted by molar-refractivity contribution is 5.86. The Labute approximate surface area is 186 Å². The Kier molecular flexibility index (Phi) is 6.66. The molecule has 4 heteroatoms. The van der Waals surface area contributed by atoms with Gasteiger partial charge in [0.25, 0.3) is 0 Å². The third kappa shape index (κ3) is 4.23. The zero-order valence-corrected chi connectivity index (χ0v) is 18.8. The fraction of sp³-hybridized carbons (Fsp3) is 0.519. The largest absolute Gasteiger partial charge is 0.497 e. The van der Waals surface area contributed by atoms with E-state index in [9.17, 15) is 9.90 Å². The van der Waals surface area contributed by atoms with Gasteiger partial charge in [-0.3, -0.25) is 4.79 Å². The van der Waals surface area contributed by atoms with Crippen LogP contribution in [0.1, 0.15) is 50.2 Å². The predicted octanol–water partition coefficient (Wildman–Crippen LogP) is 4.84. The second kappa shape index (κ2) is 9.44. The molecule has 0 bridgehead atoms. The molecule has 1 aliphatic carbocycles. The molecule has 1 aliphatic heterocycles. The summed E-state index contributed by atoms with van der Waals surface area (Å²) in [6.45, 7) is 2.86. The number of likely N-dealkylation sites (tertiary alicyclic amines) is 1. The summed E-state index contributed by atoms with van der Waals surface area (Å²) >= 11 is 0. The molecule has 3 atom stereocenters. The fourth-order valence-electron chi connectivity index (χ4n) is 6.12. The molecule has 2 aromatic rings. The predicted molar refractivity (Wildman–Crippen MR) is 123 cm³/mol. The van der Waals surface area contributed by atoms with Crippen molar-refractivity contribution in [2.75, 3.05) is 13.7 Å². The summed E-state index contributed by atoms with van der Waals surface area (Å²) in [4.78, 5) is 16.2. The van der Waals surface area contributed by atoms with Crippen LogP contribution in [0.4, 0.5) is 0 Å². The van der Waals surface area contributed by atoms with Gasteiger partial charge in [-0.2, -0.15) is 0 Å². The number of benzene rings is 2. The zero-order chi connectivity index (χ0) is 21.8. The zero-order valence-electron chi connectivity index (χ0n) is 18.8. The van der Waals surface area contributed by atoms with E-state index in [1.54, 1.807) is 7.11 Å². The number of amides is 1. The standard InChI is InChI=1S/C27H35NO3/c1-20(19-29)25-24(17-21-9-5-3-6-10-21)28(18-22-11-13-23(31-2)14-12-22)26(30)27(25)15-7-4-8-16-27/h3,5-6,9-14,20,24-25,29H,4,7-8,15-19H2,1-2H3/t20-,24-,25-/m0/s1. The molecule has 0 radical (unpaired) electrons. The van der Waals surface area contributed by atoms with Gasteiger partial charge in [0.05, 0.1) is 12.5 Å². The first-order chi connectivity index (χ1) is 15.1. The van der Waals surface area contributed by atoms with Crippen LogP contribution in [-0.4, -0.2) is 35.7 Å². The number of carbonyl (C=O) groups is 1. The molecule has 1 saturated carbocycles. The van der Waals surface area contributed by atoms with Crippen LogP contribution in [0.3, 0.4) is 0 Å². The highest BCUT2D eigenvalue weighted by Crippen LogP contribution is 2.54. The molecular weight excluding hydrogens is 386 g/mol. The third-order valence-corrected chi connectivity index (χ3v) is 7.59. The van der Waals surface area contributed by atoms with Crippen molar-refractivity contribution in [3.8, 4) is 5.75 Å². The summed E-state index contributed by atoms with van der Waals surface area (Å²) in [5, 5.41) is 10.2. The molecular formula is C27H35NO3. The van der Waals surface area contributed by atoms with Crippen molar-refractivity contribution in [3.05, 3.63) is 65.7 Å². The molecule has 1 N–H and O–H groups in total. The Morgan fingerprint density at radius 3 is 2.32 bits per heavy atom. The number of ether oxygens (including phenoxy) is 1. The molecule has 31 heavy (non-hydrogen) atoms. The normalized spacial score (nSPS) is 23.8. The van der Waals surface area contributed by atoms with Crippen LogP contribution in [0.2, 0.25) is 0 Å². The number of methoxy groups -OCH3 is 1. The van der Waals surface area contributed by atoms with Crippen LogP contribution in [-0.2, 0) is 17.8 Å². The van der Waals surface area contributed by atoms with Crippen LogP contribution in [0.5, 0.6) is 5.75 Å². The smallest absolute Gasteiger partial charge is 0.229 e. The molecule has 2 aromatic carbocycles. The number of hydrogen-bond donors (Lipinski definition) is 1. The maximum absolute atomic E-state index is 14.1. The minimum Gasteiger partial charge on any atom is -0.497 e. The summed E-state index contributed by atoms with van der Waals surface area (Å²) in [5.41, 5.74) is 2.05. The molecule has 0 aromatic heterocycles. The van der Waals surface area contributed by atoms with Crippen molar-refractivity contribution < 1.29 is 14.6 Å². The van der Waals surface area contributed by atoms with E-state index < -0.39 is 0 Å². The van der Waals surface area contributed by atoms with Crippen molar-refractivity contribution in [2.24, 2.45) is 17.3 Å². The summed E-state index contributed by atoms with van der Waals surface area (Å²) in [6, 6.07) is 18.6. The molecule has 1 saturated heterocycles. The highest BCUT2D eigenvalue weighted by Gasteiger charge is 2.59. The third-order valence-electron chi connectivity index (χ3n) is 7.59. The van der Waals surface area contributed by atoms with E-state index in [1.165, 1.54) is 12.0 Å². The van der Waals surface area contributed by atoms with Crippen LogP contribution in [0, 0.1) is 17.3 Å². The summed E-state index contributed by atoms with van der Waals surface area (Å²) in [5.74, 6) is 1.39. The minimum absolute atomic E-state index is 0.0941. The Balaban J connectivity index is 1.72. The Morgan fingerprint density at radius 2 is 1.71 bits per heavy atom. The molecule has 166 valence electrons. The first kappa shape index (κ1) is 21.9. The van der Waals surface area contributed by atoms with E-state index in [1.807, 2.05) is 18.2 Å². The first-order valence-corrected chi connectivity index (χ1v) is 11.7. The second-order valence-electron chi connectivity index (χ2n) is 9.44. The quantitative estimate of drug-likeness (QED) is 0.696. The maximum atomic E-state index is 14.1. The number of rotatable bonds is 7. The van der Waals surface area contributed by atoms with Gasteiger partial charge in [0.1, 0.15) is 5.75 Å². The fourth-order valence-corrected chi connectivity index (χ4v) is 6.12.